The van der Waals surface area contributed by atoms with Gasteiger partial charge in [0.25, 0.3) is 0 Å². The lowest BCUT2D eigenvalue weighted by Gasteiger charge is -2.41. The number of amides is 1. The van der Waals surface area contributed by atoms with Gasteiger partial charge in [-0.05, 0) is 55.5 Å². The molecule has 1 amide bonds. The van der Waals surface area contributed by atoms with Crippen LogP contribution in [0.5, 0.6) is 0 Å². The first-order valence-electron chi connectivity index (χ1n) is 9.67. The molecule has 1 aliphatic carbocycles. The van der Waals surface area contributed by atoms with E-state index in [9.17, 15) is 9.59 Å². The Morgan fingerprint density at radius 1 is 1.14 bits per heavy atom. The van der Waals surface area contributed by atoms with Crippen LogP contribution < -0.4 is 4.90 Å². The number of anilines is 1. The van der Waals surface area contributed by atoms with Crippen molar-refractivity contribution >= 4 is 29.2 Å². The van der Waals surface area contributed by atoms with Gasteiger partial charge in [0.05, 0.1) is 29.6 Å². The number of Topliss-reactive ketones (excluding diaryl/α,β-unsaturated/α-hetero) is 1. The van der Waals surface area contributed by atoms with E-state index in [0.29, 0.717) is 18.0 Å². The van der Waals surface area contributed by atoms with Gasteiger partial charge in [-0.1, -0.05) is 30.2 Å². The number of pyridine rings is 1. The van der Waals surface area contributed by atoms with E-state index in [0.717, 1.165) is 54.7 Å². The van der Waals surface area contributed by atoms with Gasteiger partial charge in [-0.15, -0.1) is 0 Å². The second-order valence-electron chi connectivity index (χ2n) is 7.55. The number of benzene rings is 1. The number of methoxy groups -OCH3 is 1. The molecule has 2 aliphatic rings. The second kappa shape index (κ2) is 7.55. The van der Waals surface area contributed by atoms with Crippen molar-refractivity contribution in [1.82, 2.24) is 4.98 Å². The van der Waals surface area contributed by atoms with Crippen LogP contribution in [0.15, 0.2) is 36.4 Å². The number of carbonyl (C=O) groups excluding carboxylic acids is 2. The number of aryl methyl sites for hydroxylation is 1. The van der Waals surface area contributed by atoms with E-state index in [4.69, 9.17) is 21.3 Å². The molecule has 0 radical (unpaired) electrons. The summed E-state index contributed by atoms with van der Waals surface area (Å²) in [5.74, 6) is 0.203. The van der Waals surface area contributed by atoms with Crippen molar-refractivity contribution < 1.29 is 14.3 Å². The third-order valence-corrected chi connectivity index (χ3v) is 6.19. The van der Waals surface area contributed by atoms with Crippen LogP contribution in [-0.4, -0.2) is 30.5 Å². The molecule has 146 valence electrons. The number of carbonyl (C=O) groups is 2. The first kappa shape index (κ1) is 18.9. The third-order valence-electron chi connectivity index (χ3n) is 5.94. The highest BCUT2D eigenvalue weighted by molar-refractivity contribution is 6.30. The summed E-state index contributed by atoms with van der Waals surface area (Å²) in [6, 6.07) is 11.3. The minimum atomic E-state index is -0.512. The van der Waals surface area contributed by atoms with Crippen molar-refractivity contribution in [2.45, 2.75) is 43.9 Å². The van der Waals surface area contributed by atoms with Crippen LogP contribution in [0.3, 0.4) is 0 Å². The number of hydrogen-bond donors (Lipinski definition) is 0. The van der Waals surface area contributed by atoms with Crippen molar-refractivity contribution in [3.63, 3.8) is 0 Å². The molecule has 6 heteroatoms. The number of fused-ring (bicyclic) bond motifs is 1. The molecular weight excluding hydrogens is 376 g/mol. The normalized spacial score (nSPS) is 17.4. The van der Waals surface area contributed by atoms with Crippen LogP contribution >= 0.6 is 11.6 Å². The second-order valence-corrected chi connectivity index (χ2v) is 7.99. The average molecular weight is 399 g/mol. The monoisotopic (exact) mass is 398 g/mol. The standard InChI is InChI=1S/C22H23ClN2O3/c1-28-21(27)25-13-2-4-17-18(25)9-10-19(24-17)22(11-3-12-22)20(26)14-15-5-7-16(23)8-6-15/h5-10H,2-4,11-14H2,1H3. The summed E-state index contributed by atoms with van der Waals surface area (Å²) >= 11 is 5.95. The Balaban J connectivity index is 1.62. The fourth-order valence-corrected chi connectivity index (χ4v) is 4.31. The Bertz CT molecular complexity index is 906. The van der Waals surface area contributed by atoms with Crippen LogP contribution in [0, 0.1) is 0 Å². The van der Waals surface area contributed by atoms with Gasteiger partial charge in [-0.25, -0.2) is 4.79 Å². The number of rotatable bonds is 4. The van der Waals surface area contributed by atoms with Gasteiger partial charge in [0.2, 0.25) is 0 Å². The van der Waals surface area contributed by atoms with Crippen molar-refractivity contribution in [3.8, 4) is 0 Å². The quantitative estimate of drug-likeness (QED) is 0.761. The van der Waals surface area contributed by atoms with E-state index < -0.39 is 5.41 Å². The van der Waals surface area contributed by atoms with Crippen LogP contribution in [-0.2, 0) is 27.8 Å². The number of ether oxygens (including phenoxy) is 1. The van der Waals surface area contributed by atoms with E-state index in [1.807, 2.05) is 36.4 Å². The number of ketones is 1. The number of nitrogens with zero attached hydrogens (tertiary/aromatic N) is 2. The van der Waals surface area contributed by atoms with Crippen LogP contribution in [0.25, 0.3) is 0 Å². The Kier molecular flexibility index (Phi) is 5.11. The van der Waals surface area contributed by atoms with Crippen LogP contribution in [0.4, 0.5) is 10.5 Å². The van der Waals surface area contributed by atoms with Crippen molar-refractivity contribution in [2.75, 3.05) is 18.6 Å². The summed E-state index contributed by atoms with van der Waals surface area (Å²) in [6.45, 7) is 0.626. The van der Waals surface area contributed by atoms with Gasteiger partial charge >= 0.3 is 6.09 Å². The van der Waals surface area contributed by atoms with Crippen molar-refractivity contribution in [2.24, 2.45) is 0 Å². The molecule has 0 atom stereocenters. The van der Waals surface area contributed by atoms with E-state index in [-0.39, 0.29) is 11.9 Å². The van der Waals surface area contributed by atoms with Gasteiger partial charge < -0.3 is 4.74 Å². The van der Waals surface area contributed by atoms with Crippen LogP contribution in [0.2, 0.25) is 5.02 Å². The molecule has 5 nitrogen and oxygen atoms in total. The maximum atomic E-state index is 13.2. The Hall–Kier alpha value is -2.40. The molecule has 1 aromatic heterocycles. The van der Waals surface area contributed by atoms with Gasteiger partial charge in [-0.2, -0.15) is 0 Å². The highest BCUT2D eigenvalue weighted by atomic mass is 35.5. The minimum Gasteiger partial charge on any atom is -0.452 e. The summed E-state index contributed by atoms with van der Waals surface area (Å²) < 4.78 is 4.89. The first-order valence-corrected chi connectivity index (χ1v) is 10.0. The van der Waals surface area contributed by atoms with E-state index in [1.54, 1.807) is 4.90 Å². The minimum absolute atomic E-state index is 0.203. The lowest BCUT2D eigenvalue weighted by atomic mass is 9.62. The fourth-order valence-electron chi connectivity index (χ4n) is 4.18. The van der Waals surface area contributed by atoms with Gasteiger partial charge in [0, 0.05) is 18.0 Å². The summed E-state index contributed by atoms with van der Waals surface area (Å²) in [6.07, 6.45) is 4.33. The fraction of sp³-hybridized carbons (Fsp3) is 0.409. The molecular formula is C22H23ClN2O3. The molecule has 1 saturated carbocycles. The van der Waals surface area contributed by atoms with Gasteiger partial charge in [0.15, 0.2) is 0 Å². The maximum absolute atomic E-state index is 13.2. The number of halogens is 1. The molecule has 0 saturated heterocycles. The zero-order valence-electron chi connectivity index (χ0n) is 15.9. The van der Waals surface area contributed by atoms with Crippen molar-refractivity contribution in [1.29, 1.82) is 0 Å². The molecule has 2 heterocycles. The smallest absolute Gasteiger partial charge is 0.414 e. The van der Waals surface area contributed by atoms with E-state index in [1.165, 1.54) is 7.11 Å². The zero-order chi connectivity index (χ0) is 19.7. The maximum Gasteiger partial charge on any atom is 0.414 e. The molecule has 1 aliphatic heterocycles. The van der Waals surface area contributed by atoms with E-state index in [2.05, 4.69) is 0 Å². The van der Waals surface area contributed by atoms with Crippen LogP contribution in [0.1, 0.15) is 42.6 Å². The molecule has 0 spiro atoms. The molecule has 0 bridgehead atoms. The predicted molar refractivity (Wildman–Crippen MR) is 108 cm³/mol. The van der Waals surface area contributed by atoms with Crippen molar-refractivity contribution in [3.05, 3.63) is 58.4 Å². The molecule has 28 heavy (non-hydrogen) atoms. The van der Waals surface area contributed by atoms with E-state index >= 15 is 0 Å². The summed E-state index contributed by atoms with van der Waals surface area (Å²) in [4.78, 5) is 31.7. The lowest BCUT2D eigenvalue weighted by Crippen LogP contribution is -2.44. The Morgan fingerprint density at radius 3 is 2.54 bits per heavy atom. The largest absolute Gasteiger partial charge is 0.452 e. The lowest BCUT2D eigenvalue weighted by molar-refractivity contribution is -0.127. The highest BCUT2D eigenvalue weighted by Crippen LogP contribution is 2.45. The average Bonchev–Trinajstić information content (AvgIpc) is 2.67. The SMILES string of the molecule is COC(=O)N1CCCc2nc(C3(C(=O)Cc4ccc(Cl)cc4)CCC3)ccc21. The Labute approximate surface area is 169 Å². The number of aromatic nitrogens is 1. The summed E-state index contributed by atoms with van der Waals surface area (Å²) in [5, 5.41) is 0.668. The molecule has 2 aromatic rings. The summed E-state index contributed by atoms with van der Waals surface area (Å²) in [7, 11) is 1.39. The third kappa shape index (κ3) is 3.28. The molecule has 1 fully saturated rings. The molecule has 4 rings (SSSR count). The Morgan fingerprint density at radius 2 is 1.89 bits per heavy atom. The predicted octanol–water partition coefficient (Wildman–Crippen LogP) is 4.49. The molecule has 0 unspecified atom stereocenters. The molecule has 0 N–H and O–H groups in total. The number of hydrogen-bond acceptors (Lipinski definition) is 4. The summed E-state index contributed by atoms with van der Waals surface area (Å²) in [5.41, 5.74) is 2.96. The topological polar surface area (TPSA) is 59.5 Å². The first-order chi connectivity index (χ1) is 13.5. The van der Waals surface area contributed by atoms with Gasteiger partial charge in [-0.3, -0.25) is 14.7 Å². The molecule has 1 aromatic carbocycles. The zero-order valence-corrected chi connectivity index (χ0v) is 16.7. The highest BCUT2D eigenvalue weighted by Gasteiger charge is 2.46. The van der Waals surface area contributed by atoms with Gasteiger partial charge in [0.1, 0.15) is 5.78 Å².